The van der Waals surface area contributed by atoms with Crippen molar-refractivity contribution in [2.45, 2.75) is 75.2 Å². The van der Waals surface area contributed by atoms with E-state index in [0.29, 0.717) is 25.5 Å². The van der Waals surface area contributed by atoms with Gasteiger partial charge in [0, 0.05) is 19.1 Å². The third kappa shape index (κ3) is 3.32. The second kappa shape index (κ2) is 6.00. The summed E-state index contributed by atoms with van der Waals surface area (Å²) in [6.07, 6.45) is 8.00. The van der Waals surface area contributed by atoms with Crippen molar-refractivity contribution < 1.29 is 19.4 Å². The van der Waals surface area contributed by atoms with Crippen molar-refractivity contribution in [3.05, 3.63) is 0 Å². The highest BCUT2D eigenvalue weighted by molar-refractivity contribution is 5.79. The first-order chi connectivity index (χ1) is 9.68. The van der Waals surface area contributed by atoms with Gasteiger partial charge in [0.15, 0.2) is 0 Å². The van der Waals surface area contributed by atoms with Crippen LogP contribution in [0.5, 0.6) is 0 Å². The molecule has 0 radical (unpaired) electrons. The Kier molecular flexibility index (Phi) is 4.29. The maximum Gasteiger partial charge on any atom is 0.324 e. The maximum atomic E-state index is 11.6. The lowest BCUT2D eigenvalue weighted by Gasteiger charge is -2.27. The first-order valence-electron chi connectivity index (χ1n) is 7.92. The lowest BCUT2D eigenvalue weighted by molar-refractivity contribution is -0.145. The SMILES string of the molecule is O=C(O)C1(NC2CC2)CCC(OCC2CCCCO2)C1. The molecule has 114 valence electrons. The van der Waals surface area contributed by atoms with Crippen molar-refractivity contribution in [1.29, 1.82) is 0 Å². The van der Waals surface area contributed by atoms with Crippen LogP contribution in [0.2, 0.25) is 0 Å². The Bertz CT molecular complexity index is 352. The van der Waals surface area contributed by atoms with E-state index < -0.39 is 11.5 Å². The topological polar surface area (TPSA) is 67.8 Å². The molecule has 0 aromatic rings. The van der Waals surface area contributed by atoms with E-state index in [1.807, 2.05) is 0 Å². The number of hydrogen-bond acceptors (Lipinski definition) is 4. The summed E-state index contributed by atoms with van der Waals surface area (Å²) in [5, 5.41) is 12.9. The van der Waals surface area contributed by atoms with Crippen molar-refractivity contribution >= 4 is 5.97 Å². The monoisotopic (exact) mass is 283 g/mol. The summed E-state index contributed by atoms with van der Waals surface area (Å²) in [5.41, 5.74) is -0.751. The number of carboxylic acid groups (broad SMARTS) is 1. The van der Waals surface area contributed by atoms with Crippen molar-refractivity contribution in [2.24, 2.45) is 0 Å². The van der Waals surface area contributed by atoms with Crippen molar-refractivity contribution in [2.75, 3.05) is 13.2 Å². The minimum atomic E-state index is -0.751. The number of hydrogen-bond donors (Lipinski definition) is 2. The number of aliphatic carboxylic acids is 1. The van der Waals surface area contributed by atoms with E-state index in [1.54, 1.807) is 0 Å². The van der Waals surface area contributed by atoms with Gasteiger partial charge in [-0.2, -0.15) is 0 Å². The lowest BCUT2D eigenvalue weighted by Crippen LogP contribution is -2.51. The van der Waals surface area contributed by atoms with Gasteiger partial charge in [0.1, 0.15) is 5.54 Å². The molecule has 5 nitrogen and oxygen atoms in total. The lowest BCUT2D eigenvalue weighted by atomic mass is 9.97. The molecule has 0 bridgehead atoms. The largest absolute Gasteiger partial charge is 0.480 e. The Morgan fingerprint density at radius 1 is 1.30 bits per heavy atom. The molecule has 0 aromatic carbocycles. The van der Waals surface area contributed by atoms with Crippen LogP contribution in [-0.4, -0.2) is 48.1 Å². The number of nitrogens with one attached hydrogen (secondary N) is 1. The summed E-state index contributed by atoms with van der Waals surface area (Å²) in [5.74, 6) is -0.718. The van der Waals surface area contributed by atoms with E-state index in [1.165, 1.54) is 6.42 Å². The molecule has 3 aliphatic rings. The smallest absolute Gasteiger partial charge is 0.324 e. The first kappa shape index (κ1) is 14.3. The van der Waals surface area contributed by atoms with Crippen LogP contribution in [0.3, 0.4) is 0 Å². The minimum absolute atomic E-state index is 0.0582. The zero-order valence-electron chi connectivity index (χ0n) is 12.0. The number of ether oxygens (including phenoxy) is 2. The van der Waals surface area contributed by atoms with Gasteiger partial charge in [-0.05, 0) is 44.9 Å². The highest BCUT2D eigenvalue weighted by Gasteiger charge is 2.48. The second-order valence-electron chi connectivity index (χ2n) is 6.49. The van der Waals surface area contributed by atoms with E-state index in [9.17, 15) is 9.90 Å². The van der Waals surface area contributed by atoms with Gasteiger partial charge in [-0.25, -0.2) is 0 Å². The highest BCUT2D eigenvalue weighted by atomic mass is 16.5. The van der Waals surface area contributed by atoms with Crippen LogP contribution >= 0.6 is 0 Å². The van der Waals surface area contributed by atoms with Crippen LogP contribution in [0.4, 0.5) is 0 Å². The summed E-state index contributed by atoms with van der Waals surface area (Å²) >= 11 is 0. The van der Waals surface area contributed by atoms with Crippen LogP contribution in [0, 0.1) is 0 Å². The normalized spacial score (nSPS) is 38.0. The summed E-state index contributed by atoms with van der Waals surface area (Å²) in [6.45, 7) is 1.45. The molecule has 0 spiro atoms. The number of carboxylic acids is 1. The molecule has 20 heavy (non-hydrogen) atoms. The molecular weight excluding hydrogens is 258 g/mol. The second-order valence-corrected chi connectivity index (χ2v) is 6.49. The quantitative estimate of drug-likeness (QED) is 0.776. The van der Waals surface area contributed by atoms with Gasteiger partial charge in [-0.1, -0.05) is 0 Å². The van der Waals surface area contributed by atoms with Crippen molar-refractivity contribution in [3.63, 3.8) is 0 Å². The number of carbonyl (C=O) groups is 1. The average molecular weight is 283 g/mol. The third-order valence-electron chi connectivity index (χ3n) is 4.73. The molecule has 2 N–H and O–H groups in total. The summed E-state index contributed by atoms with van der Waals surface area (Å²) in [4.78, 5) is 11.6. The maximum absolute atomic E-state index is 11.6. The van der Waals surface area contributed by atoms with E-state index in [-0.39, 0.29) is 12.2 Å². The van der Waals surface area contributed by atoms with Crippen LogP contribution in [0.25, 0.3) is 0 Å². The molecule has 1 saturated heterocycles. The van der Waals surface area contributed by atoms with Gasteiger partial charge in [0.2, 0.25) is 0 Å². The molecule has 3 unspecified atom stereocenters. The Labute approximate surface area is 120 Å². The standard InChI is InChI=1S/C15H25NO4/c17-14(18)15(16-11-4-5-11)7-6-12(9-15)20-10-13-3-1-2-8-19-13/h11-13,16H,1-10H2,(H,17,18). The summed E-state index contributed by atoms with van der Waals surface area (Å²) in [7, 11) is 0. The van der Waals surface area contributed by atoms with Crippen molar-refractivity contribution in [3.8, 4) is 0 Å². The molecule has 0 amide bonds. The van der Waals surface area contributed by atoms with E-state index in [4.69, 9.17) is 9.47 Å². The molecule has 3 rings (SSSR count). The van der Waals surface area contributed by atoms with E-state index >= 15 is 0 Å². The Balaban J connectivity index is 1.48. The highest BCUT2D eigenvalue weighted by Crippen LogP contribution is 2.36. The molecule has 0 aromatic heterocycles. The van der Waals surface area contributed by atoms with E-state index in [0.717, 1.165) is 38.7 Å². The molecule has 1 heterocycles. The Hall–Kier alpha value is -0.650. The van der Waals surface area contributed by atoms with E-state index in [2.05, 4.69) is 5.32 Å². The first-order valence-corrected chi connectivity index (χ1v) is 7.92. The number of rotatable bonds is 6. The molecule has 5 heteroatoms. The molecule has 2 aliphatic carbocycles. The predicted molar refractivity (Wildman–Crippen MR) is 73.7 cm³/mol. The minimum Gasteiger partial charge on any atom is -0.480 e. The van der Waals surface area contributed by atoms with Gasteiger partial charge in [-0.15, -0.1) is 0 Å². The van der Waals surface area contributed by atoms with Gasteiger partial charge in [-0.3, -0.25) is 10.1 Å². The van der Waals surface area contributed by atoms with Gasteiger partial charge < -0.3 is 14.6 Å². The average Bonchev–Trinajstić information content (AvgIpc) is 3.16. The Morgan fingerprint density at radius 3 is 2.80 bits per heavy atom. The van der Waals surface area contributed by atoms with Crippen LogP contribution in [-0.2, 0) is 14.3 Å². The van der Waals surface area contributed by atoms with Gasteiger partial charge in [0.05, 0.1) is 18.8 Å². The third-order valence-corrected chi connectivity index (χ3v) is 4.73. The van der Waals surface area contributed by atoms with Crippen LogP contribution < -0.4 is 5.32 Å². The molecule has 3 atom stereocenters. The molecule has 1 aliphatic heterocycles. The fourth-order valence-electron chi connectivity index (χ4n) is 3.33. The molecule has 3 fully saturated rings. The fraction of sp³-hybridized carbons (Fsp3) is 0.933. The summed E-state index contributed by atoms with van der Waals surface area (Å²) < 4.78 is 11.6. The summed E-state index contributed by atoms with van der Waals surface area (Å²) in [6, 6.07) is 0.409. The Morgan fingerprint density at radius 2 is 2.15 bits per heavy atom. The fourth-order valence-corrected chi connectivity index (χ4v) is 3.33. The predicted octanol–water partition coefficient (Wildman–Crippen LogP) is 1.70. The van der Waals surface area contributed by atoms with Gasteiger partial charge >= 0.3 is 5.97 Å². The zero-order valence-corrected chi connectivity index (χ0v) is 12.0. The zero-order chi connectivity index (χ0) is 14.0. The van der Waals surface area contributed by atoms with Crippen LogP contribution in [0.1, 0.15) is 51.4 Å². The molecular formula is C15H25NO4. The molecule has 2 saturated carbocycles. The van der Waals surface area contributed by atoms with Gasteiger partial charge in [0.25, 0.3) is 0 Å². The van der Waals surface area contributed by atoms with Crippen molar-refractivity contribution in [1.82, 2.24) is 5.32 Å². The van der Waals surface area contributed by atoms with Crippen LogP contribution in [0.15, 0.2) is 0 Å².